The summed E-state index contributed by atoms with van der Waals surface area (Å²) in [6.07, 6.45) is -3.52. The van der Waals surface area contributed by atoms with Crippen LogP contribution >= 0.6 is 0 Å². The average Bonchev–Trinajstić information content (AvgIpc) is 3.31. The molecular weight excluding hydrogens is 417 g/mol. The minimum atomic E-state index is -5.01. The van der Waals surface area contributed by atoms with Crippen molar-refractivity contribution in [1.29, 1.82) is 0 Å². The first-order chi connectivity index (χ1) is 14.7. The summed E-state index contributed by atoms with van der Waals surface area (Å²) in [7, 11) is 0. The quantitative estimate of drug-likeness (QED) is 0.725. The second-order valence-electron chi connectivity index (χ2n) is 7.15. The van der Waals surface area contributed by atoms with Crippen molar-refractivity contribution in [3.05, 3.63) is 53.6 Å². The number of amides is 3. The van der Waals surface area contributed by atoms with Gasteiger partial charge in [0.15, 0.2) is 0 Å². The number of alkyl halides is 3. The molecule has 3 amide bonds. The first-order valence-corrected chi connectivity index (χ1v) is 9.50. The van der Waals surface area contributed by atoms with E-state index in [1.165, 1.54) is 42.5 Å². The Balaban J connectivity index is 1.49. The van der Waals surface area contributed by atoms with Gasteiger partial charge in [-0.05, 0) is 43.2 Å². The number of imide groups is 1. The molecule has 2 aromatic carbocycles. The van der Waals surface area contributed by atoms with Crippen molar-refractivity contribution in [1.82, 2.24) is 4.90 Å². The zero-order valence-corrected chi connectivity index (χ0v) is 16.1. The van der Waals surface area contributed by atoms with Crippen molar-refractivity contribution in [3.8, 4) is 11.5 Å². The number of nitrogens with zero attached hydrogens (tertiary/aromatic N) is 1. The van der Waals surface area contributed by atoms with Crippen molar-refractivity contribution < 1.29 is 37.0 Å². The van der Waals surface area contributed by atoms with Gasteiger partial charge < -0.3 is 14.8 Å². The van der Waals surface area contributed by atoms with Gasteiger partial charge in [0.1, 0.15) is 11.5 Å². The van der Waals surface area contributed by atoms with Crippen LogP contribution in [0.4, 0.5) is 18.9 Å². The Kier molecular flexibility index (Phi) is 5.40. The highest BCUT2D eigenvalue weighted by Crippen LogP contribution is 2.31. The highest BCUT2D eigenvalue weighted by atomic mass is 19.4. The van der Waals surface area contributed by atoms with E-state index in [0.717, 1.165) is 17.7 Å². The number of fused-ring (bicyclic) bond motifs is 1. The van der Waals surface area contributed by atoms with Crippen LogP contribution in [0.25, 0.3) is 0 Å². The third-order valence-corrected chi connectivity index (χ3v) is 4.94. The number of hydrogen-bond acceptors (Lipinski definition) is 5. The van der Waals surface area contributed by atoms with Crippen LogP contribution < -0.4 is 10.1 Å². The molecular formula is C21H17F3N2O5. The summed E-state index contributed by atoms with van der Waals surface area (Å²) < 4.78 is 48.4. The fraction of sp³-hybridized carbons (Fsp3) is 0.286. The van der Waals surface area contributed by atoms with E-state index in [1.807, 2.05) is 0 Å². The van der Waals surface area contributed by atoms with Crippen LogP contribution in [0.1, 0.15) is 33.6 Å². The van der Waals surface area contributed by atoms with E-state index in [2.05, 4.69) is 0 Å². The van der Waals surface area contributed by atoms with Gasteiger partial charge in [0.2, 0.25) is 0 Å². The normalized spacial score (nSPS) is 18.3. The lowest BCUT2D eigenvalue weighted by molar-refractivity contribution is -0.167. The molecule has 1 N–H and O–H groups in total. The molecule has 2 heterocycles. The van der Waals surface area contributed by atoms with E-state index >= 15 is 0 Å². The summed E-state index contributed by atoms with van der Waals surface area (Å²) in [5.74, 6) is -2.59. The zero-order chi connectivity index (χ0) is 22.2. The molecule has 7 nitrogen and oxygen atoms in total. The number of halogens is 3. The second-order valence-corrected chi connectivity index (χ2v) is 7.15. The highest BCUT2D eigenvalue weighted by Gasteiger charge is 2.39. The Hall–Kier alpha value is -3.40. The van der Waals surface area contributed by atoms with Crippen LogP contribution in [0.3, 0.4) is 0 Å². The van der Waals surface area contributed by atoms with Gasteiger partial charge in [-0.15, -0.1) is 0 Å². The van der Waals surface area contributed by atoms with Gasteiger partial charge in [-0.3, -0.25) is 19.3 Å². The van der Waals surface area contributed by atoms with Gasteiger partial charge in [-0.2, -0.15) is 13.2 Å². The summed E-state index contributed by atoms with van der Waals surface area (Å²) in [4.78, 5) is 37.5. The molecule has 0 aromatic heterocycles. The number of ether oxygens (including phenoxy) is 2. The molecule has 0 aliphatic carbocycles. The molecule has 2 aliphatic rings. The maximum atomic E-state index is 12.7. The topological polar surface area (TPSA) is 84.9 Å². The summed E-state index contributed by atoms with van der Waals surface area (Å²) in [5, 5.41) is 1.74. The number of anilines is 1. The predicted molar refractivity (Wildman–Crippen MR) is 102 cm³/mol. The van der Waals surface area contributed by atoms with Crippen LogP contribution in [0, 0.1) is 0 Å². The van der Waals surface area contributed by atoms with E-state index in [-0.39, 0.29) is 41.0 Å². The number of carbonyl (C=O) groups is 3. The number of carbonyl (C=O) groups excluding carboxylic acids is 3. The van der Waals surface area contributed by atoms with Crippen molar-refractivity contribution in [2.75, 3.05) is 18.5 Å². The molecule has 10 heteroatoms. The zero-order valence-electron chi connectivity index (χ0n) is 16.1. The fourth-order valence-corrected chi connectivity index (χ4v) is 3.47. The maximum Gasteiger partial charge on any atom is 0.471 e. The molecule has 1 saturated heterocycles. The van der Waals surface area contributed by atoms with Gasteiger partial charge in [-0.25, -0.2) is 0 Å². The van der Waals surface area contributed by atoms with E-state index in [4.69, 9.17) is 9.47 Å². The summed E-state index contributed by atoms with van der Waals surface area (Å²) in [5.41, 5.74) is 0.332. The first-order valence-electron chi connectivity index (χ1n) is 9.50. The largest absolute Gasteiger partial charge is 0.471 e. The molecule has 162 valence electrons. The molecule has 0 saturated carbocycles. The van der Waals surface area contributed by atoms with Crippen LogP contribution in [-0.2, 0) is 9.53 Å². The van der Waals surface area contributed by atoms with Crippen LogP contribution in [0.2, 0.25) is 0 Å². The summed E-state index contributed by atoms with van der Waals surface area (Å²) in [6, 6.07) is 9.75. The lowest BCUT2D eigenvalue weighted by atomic mass is 10.1. The molecule has 2 aliphatic heterocycles. The summed E-state index contributed by atoms with van der Waals surface area (Å²) >= 11 is 0. The minimum Gasteiger partial charge on any atom is -0.457 e. The fourth-order valence-electron chi connectivity index (χ4n) is 3.47. The van der Waals surface area contributed by atoms with Crippen LogP contribution in [0.15, 0.2) is 42.5 Å². The summed E-state index contributed by atoms with van der Waals surface area (Å²) in [6.45, 7) is 0.789. The molecule has 1 unspecified atom stereocenters. The van der Waals surface area contributed by atoms with E-state index in [1.54, 1.807) is 5.32 Å². The lowest BCUT2D eigenvalue weighted by Crippen LogP contribution is -2.36. The van der Waals surface area contributed by atoms with E-state index in [0.29, 0.717) is 6.61 Å². The Labute approximate surface area is 174 Å². The Morgan fingerprint density at radius 1 is 1.10 bits per heavy atom. The van der Waals surface area contributed by atoms with Crippen LogP contribution in [0.5, 0.6) is 11.5 Å². The molecule has 0 spiro atoms. The van der Waals surface area contributed by atoms with Gasteiger partial charge >= 0.3 is 12.1 Å². The molecule has 1 atom stereocenters. The average molecular weight is 434 g/mol. The van der Waals surface area contributed by atoms with Crippen molar-refractivity contribution in [2.45, 2.75) is 25.1 Å². The van der Waals surface area contributed by atoms with Crippen LogP contribution in [-0.4, -0.2) is 48.1 Å². The Morgan fingerprint density at radius 2 is 1.84 bits per heavy atom. The van der Waals surface area contributed by atoms with Gasteiger partial charge in [0.05, 0.1) is 23.8 Å². The Morgan fingerprint density at radius 3 is 2.55 bits per heavy atom. The molecule has 4 rings (SSSR count). The molecule has 1 fully saturated rings. The smallest absolute Gasteiger partial charge is 0.457 e. The van der Waals surface area contributed by atoms with Crippen molar-refractivity contribution in [3.63, 3.8) is 0 Å². The number of rotatable bonds is 5. The minimum absolute atomic E-state index is 0.102. The number of nitrogens with one attached hydrogen (secondary N) is 1. The molecule has 0 radical (unpaired) electrons. The Bertz CT molecular complexity index is 1050. The lowest BCUT2D eigenvalue weighted by Gasteiger charge is -2.17. The molecule has 31 heavy (non-hydrogen) atoms. The monoisotopic (exact) mass is 434 g/mol. The van der Waals surface area contributed by atoms with Crippen molar-refractivity contribution in [2.24, 2.45) is 0 Å². The van der Waals surface area contributed by atoms with Gasteiger partial charge in [0.25, 0.3) is 11.8 Å². The third-order valence-electron chi connectivity index (χ3n) is 4.94. The number of hydrogen-bond donors (Lipinski definition) is 1. The van der Waals surface area contributed by atoms with E-state index < -0.39 is 23.9 Å². The first kappa shape index (κ1) is 20.9. The van der Waals surface area contributed by atoms with E-state index in [9.17, 15) is 27.6 Å². The maximum absolute atomic E-state index is 12.7. The van der Waals surface area contributed by atoms with Crippen molar-refractivity contribution >= 4 is 23.4 Å². The van der Waals surface area contributed by atoms with Gasteiger partial charge in [0, 0.05) is 18.4 Å². The predicted octanol–water partition coefficient (Wildman–Crippen LogP) is 3.75. The number of benzene rings is 2. The highest BCUT2D eigenvalue weighted by molar-refractivity contribution is 6.21. The molecule has 2 aromatic rings. The van der Waals surface area contributed by atoms with Gasteiger partial charge in [-0.1, -0.05) is 6.07 Å². The SMILES string of the molecule is O=C1c2ccc(Oc3cccc(NC(=O)C(F)(F)F)c3)cc2C(=O)N1CC1CCCO1. The molecule has 0 bridgehead atoms. The standard InChI is InChI=1S/C21H17F3N2O5/c22-21(23,24)20(29)25-12-3-1-4-13(9-12)31-14-6-7-16-17(10-14)19(28)26(18(16)27)11-15-5-2-8-30-15/h1,3-4,6-7,9-10,15H,2,5,8,11H2,(H,25,29). The second kappa shape index (κ2) is 8.03. The third kappa shape index (κ3) is 4.38.